The molecule has 20 heavy (non-hydrogen) atoms. The lowest BCUT2D eigenvalue weighted by molar-refractivity contribution is -0.135. The Labute approximate surface area is 121 Å². The normalized spacial score (nSPS) is 27.1. The average Bonchev–Trinajstić information content (AvgIpc) is 2.87. The van der Waals surface area contributed by atoms with Gasteiger partial charge in [0, 0.05) is 25.0 Å². The van der Waals surface area contributed by atoms with Crippen LogP contribution in [0.5, 0.6) is 0 Å². The summed E-state index contributed by atoms with van der Waals surface area (Å²) in [6, 6.07) is 9.43. The molecule has 3 heteroatoms. The summed E-state index contributed by atoms with van der Waals surface area (Å²) in [6.45, 7) is 3.93. The molecule has 2 aliphatic heterocycles. The molecule has 2 heterocycles. The van der Waals surface area contributed by atoms with Gasteiger partial charge in [-0.2, -0.15) is 0 Å². The highest BCUT2D eigenvalue weighted by Gasteiger charge is 2.35. The predicted octanol–water partition coefficient (Wildman–Crippen LogP) is 2.63. The van der Waals surface area contributed by atoms with Gasteiger partial charge in [0.25, 0.3) is 0 Å². The zero-order valence-electron chi connectivity index (χ0n) is 12.3. The first-order valence-electron chi connectivity index (χ1n) is 7.82. The molecule has 2 aliphatic rings. The number of nitrogens with one attached hydrogen (secondary N) is 1. The molecule has 0 aromatic heterocycles. The van der Waals surface area contributed by atoms with E-state index in [1.165, 1.54) is 24.0 Å². The predicted molar refractivity (Wildman–Crippen MR) is 80.4 cm³/mol. The summed E-state index contributed by atoms with van der Waals surface area (Å²) in [5, 5.41) is 3.58. The molecule has 2 atom stereocenters. The van der Waals surface area contributed by atoms with Crippen LogP contribution >= 0.6 is 0 Å². The van der Waals surface area contributed by atoms with Crippen LogP contribution in [0.2, 0.25) is 0 Å². The van der Waals surface area contributed by atoms with Crippen LogP contribution < -0.4 is 5.32 Å². The van der Waals surface area contributed by atoms with Gasteiger partial charge in [0.2, 0.25) is 5.91 Å². The largest absolute Gasteiger partial charge is 0.334 e. The number of rotatable bonds is 2. The summed E-state index contributed by atoms with van der Waals surface area (Å²) in [5.41, 5.74) is 2.52. The molecule has 3 rings (SSSR count). The molecule has 0 unspecified atom stereocenters. The van der Waals surface area contributed by atoms with Crippen molar-refractivity contribution in [2.45, 2.75) is 57.7 Å². The number of fused-ring (bicyclic) bond motifs is 1. The Balaban J connectivity index is 1.81. The summed E-state index contributed by atoms with van der Waals surface area (Å²) >= 11 is 0. The van der Waals surface area contributed by atoms with Gasteiger partial charge in [-0.15, -0.1) is 0 Å². The Morgan fingerprint density at radius 3 is 3.05 bits per heavy atom. The molecular weight excluding hydrogens is 248 g/mol. The summed E-state index contributed by atoms with van der Waals surface area (Å²) in [7, 11) is 0. The highest BCUT2D eigenvalue weighted by molar-refractivity contribution is 5.76. The van der Waals surface area contributed by atoms with Crippen LogP contribution in [-0.2, 0) is 11.3 Å². The van der Waals surface area contributed by atoms with E-state index >= 15 is 0 Å². The second-order valence-electron chi connectivity index (χ2n) is 6.17. The van der Waals surface area contributed by atoms with Gasteiger partial charge in [-0.3, -0.25) is 4.79 Å². The first kappa shape index (κ1) is 13.6. The molecule has 2 saturated heterocycles. The van der Waals surface area contributed by atoms with Crippen molar-refractivity contribution in [2.75, 3.05) is 6.54 Å². The van der Waals surface area contributed by atoms with Crippen molar-refractivity contribution < 1.29 is 4.79 Å². The molecule has 2 fully saturated rings. The fourth-order valence-electron chi connectivity index (χ4n) is 3.60. The molecule has 1 amide bonds. The van der Waals surface area contributed by atoms with Crippen LogP contribution in [0.4, 0.5) is 0 Å². The Morgan fingerprint density at radius 2 is 2.20 bits per heavy atom. The number of hydrogen-bond acceptors (Lipinski definition) is 2. The lowest BCUT2D eigenvalue weighted by Crippen LogP contribution is -2.47. The van der Waals surface area contributed by atoms with Gasteiger partial charge in [0.15, 0.2) is 0 Å². The van der Waals surface area contributed by atoms with E-state index in [9.17, 15) is 4.79 Å². The molecule has 1 aromatic rings. The quantitative estimate of drug-likeness (QED) is 0.897. The second kappa shape index (κ2) is 5.96. The number of aryl methyl sites for hydroxylation is 1. The molecule has 0 radical (unpaired) electrons. The monoisotopic (exact) mass is 272 g/mol. The van der Waals surface area contributed by atoms with Crippen LogP contribution in [0.3, 0.4) is 0 Å². The van der Waals surface area contributed by atoms with E-state index in [0.29, 0.717) is 18.0 Å². The molecule has 0 aliphatic carbocycles. The minimum atomic E-state index is 0.338. The highest BCUT2D eigenvalue weighted by Crippen LogP contribution is 2.25. The maximum absolute atomic E-state index is 12.5. The van der Waals surface area contributed by atoms with Crippen molar-refractivity contribution >= 4 is 5.91 Å². The van der Waals surface area contributed by atoms with Gasteiger partial charge < -0.3 is 10.2 Å². The minimum absolute atomic E-state index is 0.338. The van der Waals surface area contributed by atoms with E-state index in [0.717, 1.165) is 32.4 Å². The Bertz CT molecular complexity index is 486. The summed E-state index contributed by atoms with van der Waals surface area (Å²) < 4.78 is 0. The fourth-order valence-corrected chi connectivity index (χ4v) is 3.60. The van der Waals surface area contributed by atoms with Crippen molar-refractivity contribution in [1.82, 2.24) is 10.2 Å². The zero-order valence-corrected chi connectivity index (χ0v) is 12.3. The summed E-state index contributed by atoms with van der Waals surface area (Å²) in [4.78, 5) is 14.6. The minimum Gasteiger partial charge on any atom is -0.334 e. The number of likely N-dealkylation sites (tertiary alicyclic amines) is 1. The number of amides is 1. The molecule has 108 valence electrons. The first-order chi connectivity index (χ1) is 9.74. The molecule has 1 aromatic carbocycles. The van der Waals surface area contributed by atoms with Gasteiger partial charge in [0.05, 0.1) is 0 Å². The Hall–Kier alpha value is -1.35. The van der Waals surface area contributed by atoms with Gasteiger partial charge in [0.1, 0.15) is 0 Å². The molecular formula is C17H24N2O. The smallest absolute Gasteiger partial charge is 0.223 e. The molecule has 3 nitrogen and oxygen atoms in total. The first-order valence-corrected chi connectivity index (χ1v) is 7.82. The topological polar surface area (TPSA) is 32.3 Å². The summed E-state index contributed by atoms with van der Waals surface area (Å²) in [6.07, 6.45) is 5.24. The second-order valence-corrected chi connectivity index (χ2v) is 6.17. The van der Waals surface area contributed by atoms with Crippen LogP contribution in [-0.4, -0.2) is 29.4 Å². The highest BCUT2D eigenvalue weighted by atomic mass is 16.2. The SMILES string of the molecule is Cc1cccc(CN2C(=O)CCCC[C@@H]3NCC[C@H]32)c1. The van der Waals surface area contributed by atoms with Crippen molar-refractivity contribution in [3.8, 4) is 0 Å². The number of benzene rings is 1. The number of nitrogens with zero attached hydrogens (tertiary/aromatic N) is 1. The lowest BCUT2D eigenvalue weighted by atomic mass is 9.96. The fraction of sp³-hybridized carbons (Fsp3) is 0.588. The van der Waals surface area contributed by atoms with E-state index in [1.807, 2.05) is 0 Å². The van der Waals surface area contributed by atoms with Crippen molar-refractivity contribution in [3.05, 3.63) is 35.4 Å². The molecule has 0 saturated carbocycles. The van der Waals surface area contributed by atoms with Crippen molar-refractivity contribution in [2.24, 2.45) is 0 Å². The molecule has 1 N–H and O–H groups in total. The van der Waals surface area contributed by atoms with Gasteiger partial charge in [-0.05, 0) is 38.3 Å². The van der Waals surface area contributed by atoms with E-state index in [1.54, 1.807) is 0 Å². The van der Waals surface area contributed by atoms with Gasteiger partial charge in [-0.1, -0.05) is 36.2 Å². The number of hydrogen-bond donors (Lipinski definition) is 1. The Morgan fingerprint density at radius 1 is 1.30 bits per heavy atom. The third-order valence-electron chi connectivity index (χ3n) is 4.62. The van der Waals surface area contributed by atoms with Gasteiger partial charge in [-0.25, -0.2) is 0 Å². The maximum Gasteiger partial charge on any atom is 0.223 e. The van der Waals surface area contributed by atoms with E-state index < -0.39 is 0 Å². The number of carbonyl (C=O) groups excluding carboxylic acids is 1. The van der Waals surface area contributed by atoms with Crippen LogP contribution in [0.1, 0.15) is 43.2 Å². The van der Waals surface area contributed by atoms with Gasteiger partial charge >= 0.3 is 0 Å². The maximum atomic E-state index is 12.5. The van der Waals surface area contributed by atoms with Crippen LogP contribution in [0, 0.1) is 6.92 Å². The standard InChI is InChI=1S/C17H24N2O/c1-13-5-4-6-14(11-13)12-19-16-9-10-18-15(16)7-2-3-8-17(19)20/h4-6,11,15-16,18H,2-3,7-10,12H2,1H3/t15-,16+/m0/s1. The Kier molecular flexibility index (Phi) is 4.06. The van der Waals surface area contributed by atoms with Crippen molar-refractivity contribution in [3.63, 3.8) is 0 Å². The average molecular weight is 272 g/mol. The number of carbonyl (C=O) groups is 1. The van der Waals surface area contributed by atoms with E-state index in [2.05, 4.69) is 41.4 Å². The zero-order chi connectivity index (χ0) is 13.9. The van der Waals surface area contributed by atoms with Crippen LogP contribution in [0.25, 0.3) is 0 Å². The van der Waals surface area contributed by atoms with E-state index in [4.69, 9.17) is 0 Å². The van der Waals surface area contributed by atoms with Crippen molar-refractivity contribution in [1.29, 1.82) is 0 Å². The van der Waals surface area contributed by atoms with Crippen LogP contribution in [0.15, 0.2) is 24.3 Å². The lowest BCUT2D eigenvalue weighted by Gasteiger charge is -2.35. The van der Waals surface area contributed by atoms with E-state index in [-0.39, 0.29) is 0 Å². The third kappa shape index (κ3) is 2.88. The molecule has 0 spiro atoms. The third-order valence-corrected chi connectivity index (χ3v) is 4.62. The summed E-state index contributed by atoms with van der Waals surface area (Å²) in [5.74, 6) is 0.338. The molecule has 0 bridgehead atoms.